The van der Waals surface area contributed by atoms with Crippen LogP contribution in [-0.2, 0) is 6.54 Å². The molecule has 2 atom stereocenters. The maximum absolute atomic E-state index is 5.73. The van der Waals surface area contributed by atoms with E-state index < -0.39 is 0 Å². The van der Waals surface area contributed by atoms with Crippen LogP contribution >= 0.6 is 23.6 Å². The number of hydrogen-bond acceptors (Lipinski definition) is 4. The maximum atomic E-state index is 5.73. The van der Waals surface area contributed by atoms with Crippen LogP contribution in [0.5, 0.6) is 5.75 Å². The van der Waals surface area contributed by atoms with Crippen LogP contribution in [0.2, 0.25) is 0 Å². The monoisotopic (exact) mass is 395 g/mol. The first kappa shape index (κ1) is 17.9. The summed E-state index contributed by atoms with van der Waals surface area (Å²) in [5.74, 6) is 0.859. The molecule has 1 N–H and O–H groups in total. The smallest absolute Gasteiger partial charge is 0.170 e. The maximum Gasteiger partial charge on any atom is 0.170 e. The zero-order chi connectivity index (χ0) is 18.8. The van der Waals surface area contributed by atoms with E-state index in [2.05, 4.69) is 51.8 Å². The van der Waals surface area contributed by atoms with Crippen LogP contribution in [0.3, 0.4) is 0 Å². The van der Waals surface area contributed by atoms with E-state index in [0.717, 1.165) is 23.1 Å². The zero-order valence-electron chi connectivity index (χ0n) is 15.3. The second-order valence-corrected chi connectivity index (χ2v) is 7.90. The Labute approximate surface area is 168 Å². The number of ether oxygens (including phenoxy) is 1. The van der Waals surface area contributed by atoms with Crippen LogP contribution in [0.25, 0.3) is 0 Å². The third-order valence-corrected chi connectivity index (χ3v) is 6.32. The summed E-state index contributed by atoms with van der Waals surface area (Å²) in [5, 5.41) is 6.41. The molecule has 27 heavy (non-hydrogen) atoms. The van der Waals surface area contributed by atoms with E-state index in [1.165, 1.54) is 16.0 Å². The largest absolute Gasteiger partial charge is 0.497 e. The third-order valence-electron chi connectivity index (χ3n) is 4.88. The van der Waals surface area contributed by atoms with Gasteiger partial charge in [0.2, 0.25) is 0 Å². The van der Waals surface area contributed by atoms with Gasteiger partial charge in [0, 0.05) is 17.6 Å². The van der Waals surface area contributed by atoms with Crippen molar-refractivity contribution in [3.05, 3.63) is 81.8 Å². The molecule has 1 fully saturated rings. The molecule has 0 radical (unpaired) electrons. The lowest BCUT2D eigenvalue weighted by atomic mass is 10.0. The van der Waals surface area contributed by atoms with E-state index in [1.54, 1.807) is 18.4 Å². The van der Waals surface area contributed by atoms with Gasteiger partial charge in [0.05, 0.1) is 24.9 Å². The average Bonchev–Trinajstić information content (AvgIpc) is 3.26. The summed E-state index contributed by atoms with van der Waals surface area (Å²) < 4.78 is 5.27. The molecule has 3 heterocycles. The fourth-order valence-electron chi connectivity index (χ4n) is 3.47. The van der Waals surface area contributed by atoms with E-state index >= 15 is 0 Å². The molecular formula is C21H21N3OS2. The molecule has 138 valence electrons. The SMILES string of the molecule is COc1ccc(CN2C(=S)N[C@@H](c3ccccn3)[C@@H]2c2sccc2C)cc1. The van der Waals surface area contributed by atoms with Crippen LogP contribution in [0, 0.1) is 6.92 Å². The molecule has 4 nitrogen and oxygen atoms in total. The predicted octanol–water partition coefficient (Wildman–Crippen LogP) is 4.63. The van der Waals surface area contributed by atoms with Crippen molar-refractivity contribution >= 4 is 28.7 Å². The number of hydrogen-bond donors (Lipinski definition) is 1. The molecule has 0 unspecified atom stereocenters. The highest BCUT2D eigenvalue weighted by atomic mass is 32.1. The van der Waals surface area contributed by atoms with Crippen molar-refractivity contribution in [2.45, 2.75) is 25.6 Å². The Morgan fingerprint density at radius 2 is 2.00 bits per heavy atom. The van der Waals surface area contributed by atoms with Crippen molar-refractivity contribution in [1.82, 2.24) is 15.2 Å². The molecular weight excluding hydrogens is 374 g/mol. The summed E-state index contributed by atoms with van der Waals surface area (Å²) in [7, 11) is 1.68. The first-order chi connectivity index (χ1) is 13.2. The molecule has 0 saturated carbocycles. The van der Waals surface area contributed by atoms with E-state index in [1.807, 2.05) is 30.5 Å². The molecule has 6 heteroatoms. The molecule has 4 rings (SSSR count). The number of aromatic nitrogens is 1. The summed E-state index contributed by atoms with van der Waals surface area (Å²) in [6.07, 6.45) is 1.84. The van der Waals surface area contributed by atoms with Crippen LogP contribution in [0.1, 0.15) is 33.8 Å². The first-order valence-corrected chi connectivity index (χ1v) is 10.1. The number of aryl methyl sites for hydroxylation is 1. The lowest BCUT2D eigenvalue weighted by molar-refractivity contribution is 0.314. The Hall–Kier alpha value is -2.44. The molecule has 0 spiro atoms. The average molecular weight is 396 g/mol. The molecule has 0 aliphatic carbocycles. The van der Waals surface area contributed by atoms with Gasteiger partial charge in [0.1, 0.15) is 5.75 Å². The Kier molecular flexibility index (Phi) is 5.09. The Morgan fingerprint density at radius 1 is 1.19 bits per heavy atom. The Morgan fingerprint density at radius 3 is 2.63 bits per heavy atom. The van der Waals surface area contributed by atoms with E-state index in [4.69, 9.17) is 17.0 Å². The van der Waals surface area contributed by atoms with Gasteiger partial charge in [0.25, 0.3) is 0 Å². The summed E-state index contributed by atoms with van der Waals surface area (Å²) in [4.78, 5) is 8.19. The van der Waals surface area contributed by atoms with Crippen molar-refractivity contribution in [1.29, 1.82) is 0 Å². The minimum absolute atomic E-state index is 0.0364. The number of rotatable bonds is 5. The summed E-state index contributed by atoms with van der Waals surface area (Å²) in [5.41, 5.74) is 3.49. The van der Waals surface area contributed by atoms with Crippen molar-refractivity contribution in [2.24, 2.45) is 0 Å². The highest BCUT2D eigenvalue weighted by molar-refractivity contribution is 7.80. The number of thiophene rings is 1. The van der Waals surface area contributed by atoms with Gasteiger partial charge >= 0.3 is 0 Å². The molecule has 1 saturated heterocycles. The van der Waals surface area contributed by atoms with Gasteiger partial charge in [-0.2, -0.15) is 0 Å². The van der Waals surface area contributed by atoms with Gasteiger partial charge < -0.3 is 15.0 Å². The molecule has 0 bridgehead atoms. The van der Waals surface area contributed by atoms with Gasteiger partial charge in [-0.1, -0.05) is 18.2 Å². The second kappa shape index (κ2) is 7.66. The van der Waals surface area contributed by atoms with Gasteiger partial charge in [-0.3, -0.25) is 4.98 Å². The molecule has 2 aromatic heterocycles. The Bertz CT molecular complexity index is 924. The van der Waals surface area contributed by atoms with Crippen LogP contribution in [-0.4, -0.2) is 22.1 Å². The number of pyridine rings is 1. The molecule has 0 amide bonds. The van der Waals surface area contributed by atoms with Crippen molar-refractivity contribution in [3.63, 3.8) is 0 Å². The lowest BCUT2D eigenvalue weighted by Gasteiger charge is -2.27. The van der Waals surface area contributed by atoms with E-state index in [9.17, 15) is 0 Å². The molecule has 1 aliphatic heterocycles. The standard InChI is InChI=1S/C21H21N3OS2/c1-14-10-12-27-20(14)19-18(17-5-3-4-11-22-17)23-21(26)24(19)13-15-6-8-16(25-2)9-7-15/h3-12,18-19H,13H2,1-2H3,(H,23,26)/t18-,19+/m0/s1. The molecule has 1 aliphatic rings. The zero-order valence-corrected chi connectivity index (χ0v) is 16.9. The second-order valence-electron chi connectivity index (χ2n) is 6.57. The number of benzene rings is 1. The van der Waals surface area contributed by atoms with Gasteiger partial charge in [-0.25, -0.2) is 0 Å². The van der Waals surface area contributed by atoms with Crippen molar-refractivity contribution in [2.75, 3.05) is 7.11 Å². The van der Waals surface area contributed by atoms with Crippen LogP contribution in [0.15, 0.2) is 60.1 Å². The first-order valence-electron chi connectivity index (χ1n) is 8.82. The highest BCUT2D eigenvalue weighted by Crippen LogP contribution is 2.42. The fraction of sp³-hybridized carbons (Fsp3) is 0.238. The topological polar surface area (TPSA) is 37.4 Å². The number of thiocarbonyl (C=S) groups is 1. The number of methoxy groups -OCH3 is 1. The summed E-state index contributed by atoms with van der Waals surface area (Å²) >= 11 is 7.51. The normalized spacial score (nSPS) is 19.2. The molecule has 3 aromatic rings. The van der Waals surface area contributed by atoms with Gasteiger partial charge in [-0.15, -0.1) is 11.3 Å². The third kappa shape index (κ3) is 3.55. The molecule has 1 aromatic carbocycles. The quantitative estimate of drug-likeness (QED) is 0.638. The van der Waals surface area contributed by atoms with Gasteiger partial charge in [0.15, 0.2) is 5.11 Å². The number of nitrogens with one attached hydrogen (secondary N) is 1. The van der Waals surface area contributed by atoms with Crippen LogP contribution in [0.4, 0.5) is 0 Å². The van der Waals surface area contributed by atoms with Crippen molar-refractivity contribution < 1.29 is 4.74 Å². The fourth-order valence-corrected chi connectivity index (χ4v) is 4.86. The summed E-state index contributed by atoms with van der Waals surface area (Å²) in [6.45, 7) is 2.90. The lowest BCUT2D eigenvalue weighted by Crippen LogP contribution is -2.29. The summed E-state index contributed by atoms with van der Waals surface area (Å²) in [6, 6.07) is 16.5. The predicted molar refractivity (Wildman–Crippen MR) is 113 cm³/mol. The number of nitrogens with zero attached hydrogens (tertiary/aromatic N) is 2. The Balaban J connectivity index is 1.70. The van der Waals surface area contributed by atoms with Gasteiger partial charge in [-0.05, 0) is 66.0 Å². The van der Waals surface area contributed by atoms with Crippen molar-refractivity contribution in [3.8, 4) is 5.75 Å². The van der Waals surface area contributed by atoms with Crippen LogP contribution < -0.4 is 10.1 Å². The van der Waals surface area contributed by atoms with E-state index in [-0.39, 0.29) is 12.1 Å². The van der Waals surface area contributed by atoms with E-state index in [0.29, 0.717) is 0 Å². The minimum atomic E-state index is 0.0364. The minimum Gasteiger partial charge on any atom is -0.497 e. The highest BCUT2D eigenvalue weighted by Gasteiger charge is 2.40.